The molecule has 0 aromatic rings. The van der Waals surface area contributed by atoms with E-state index in [2.05, 4.69) is 9.47 Å². The standard InChI is InChI=1S/C12H14O4/c1-8-5-4-6-9(11(13)15-2)10(7-8)12(14)16-3/h4-8H,1-3H3. The summed E-state index contributed by atoms with van der Waals surface area (Å²) < 4.78 is 9.25. The van der Waals surface area contributed by atoms with Crippen LogP contribution in [0.3, 0.4) is 0 Å². The van der Waals surface area contributed by atoms with E-state index in [1.165, 1.54) is 14.2 Å². The fraction of sp³-hybridized carbons (Fsp3) is 0.333. The molecule has 1 atom stereocenters. The Morgan fingerprint density at radius 3 is 2.25 bits per heavy atom. The Balaban J connectivity index is 3.15. The molecule has 1 rings (SSSR count). The van der Waals surface area contributed by atoms with Crippen molar-refractivity contribution in [2.75, 3.05) is 14.2 Å². The molecule has 0 saturated carbocycles. The molecule has 1 aliphatic carbocycles. The van der Waals surface area contributed by atoms with Gasteiger partial charge in [0.2, 0.25) is 0 Å². The zero-order chi connectivity index (χ0) is 12.1. The maximum absolute atomic E-state index is 11.5. The fourth-order valence-corrected chi connectivity index (χ4v) is 1.40. The third kappa shape index (κ3) is 2.59. The number of allylic oxidation sites excluding steroid dienone is 4. The van der Waals surface area contributed by atoms with Gasteiger partial charge in [0.25, 0.3) is 0 Å². The molecule has 16 heavy (non-hydrogen) atoms. The van der Waals surface area contributed by atoms with E-state index in [-0.39, 0.29) is 17.1 Å². The van der Waals surface area contributed by atoms with Crippen molar-refractivity contribution in [2.45, 2.75) is 6.92 Å². The first-order chi connectivity index (χ1) is 7.60. The Bertz CT molecular complexity index is 388. The molecule has 0 amide bonds. The average Bonchev–Trinajstić information content (AvgIpc) is 2.49. The number of methoxy groups -OCH3 is 2. The zero-order valence-electron chi connectivity index (χ0n) is 9.52. The van der Waals surface area contributed by atoms with Gasteiger partial charge in [0.15, 0.2) is 0 Å². The van der Waals surface area contributed by atoms with Crippen LogP contribution in [0, 0.1) is 5.92 Å². The number of rotatable bonds is 2. The Hall–Kier alpha value is -1.84. The lowest BCUT2D eigenvalue weighted by molar-refractivity contribution is -0.139. The molecule has 0 N–H and O–H groups in total. The Labute approximate surface area is 94.2 Å². The van der Waals surface area contributed by atoms with Gasteiger partial charge in [-0.3, -0.25) is 0 Å². The second-order valence-electron chi connectivity index (χ2n) is 3.39. The van der Waals surface area contributed by atoms with Gasteiger partial charge < -0.3 is 9.47 Å². The normalized spacial score (nSPS) is 19.3. The number of hydrogen-bond donors (Lipinski definition) is 0. The first-order valence-electron chi connectivity index (χ1n) is 4.87. The summed E-state index contributed by atoms with van der Waals surface area (Å²) in [6.45, 7) is 1.91. The van der Waals surface area contributed by atoms with E-state index in [4.69, 9.17) is 0 Å². The SMILES string of the molecule is COC(=O)C1=CC=CC(C)C=C1C(=O)OC. The third-order valence-electron chi connectivity index (χ3n) is 2.21. The van der Waals surface area contributed by atoms with Gasteiger partial charge in [0.05, 0.1) is 25.4 Å². The molecule has 86 valence electrons. The molecule has 0 aromatic heterocycles. The minimum atomic E-state index is -0.546. The van der Waals surface area contributed by atoms with E-state index >= 15 is 0 Å². The van der Waals surface area contributed by atoms with Gasteiger partial charge in [-0.05, 0) is 12.0 Å². The van der Waals surface area contributed by atoms with Gasteiger partial charge in [-0.25, -0.2) is 9.59 Å². The molecule has 0 fully saturated rings. The second kappa shape index (κ2) is 5.30. The molecule has 0 aliphatic heterocycles. The summed E-state index contributed by atoms with van der Waals surface area (Å²) in [5.74, 6) is -1.02. The molecule has 0 heterocycles. The zero-order valence-corrected chi connectivity index (χ0v) is 9.52. The van der Waals surface area contributed by atoms with E-state index in [9.17, 15) is 9.59 Å². The molecule has 4 heteroatoms. The Kier molecular flexibility index (Phi) is 4.05. The lowest BCUT2D eigenvalue weighted by Gasteiger charge is -2.08. The van der Waals surface area contributed by atoms with E-state index in [0.29, 0.717) is 0 Å². The summed E-state index contributed by atoms with van der Waals surface area (Å²) >= 11 is 0. The minimum Gasteiger partial charge on any atom is -0.465 e. The second-order valence-corrected chi connectivity index (χ2v) is 3.39. The number of ether oxygens (including phenoxy) is 2. The first-order valence-corrected chi connectivity index (χ1v) is 4.87. The number of carbonyl (C=O) groups excluding carboxylic acids is 2. The summed E-state index contributed by atoms with van der Waals surface area (Å²) in [6, 6.07) is 0. The van der Waals surface area contributed by atoms with Gasteiger partial charge >= 0.3 is 11.9 Å². The van der Waals surface area contributed by atoms with Gasteiger partial charge in [-0.15, -0.1) is 0 Å². The minimum absolute atomic E-state index is 0.0625. The molecule has 0 bridgehead atoms. The highest BCUT2D eigenvalue weighted by molar-refractivity contribution is 6.07. The number of esters is 2. The van der Waals surface area contributed by atoms with E-state index in [0.717, 1.165) is 0 Å². The third-order valence-corrected chi connectivity index (χ3v) is 2.21. The Morgan fingerprint density at radius 2 is 1.69 bits per heavy atom. The first kappa shape index (κ1) is 12.2. The molecule has 0 radical (unpaired) electrons. The van der Waals surface area contributed by atoms with Crippen molar-refractivity contribution in [1.29, 1.82) is 0 Å². The van der Waals surface area contributed by atoms with Crippen LogP contribution < -0.4 is 0 Å². The highest BCUT2D eigenvalue weighted by Crippen LogP contribution is 2.20. The molecule has 0 saturated heterocycles. The molecule has 4 nitrogen and oxygen atoms in total. The fourth-order valence-electron chi connectivity index (χ4n) is 1.40. The van der Waals surface area contributed by atoms with Crippen molar-refractivity contribution in [1.82, 2.24) is 0 Å². The lowest BCUT2D eigenvalue weighted by atomic mass is 10.0. The predicted molar refractivity (Wildman–Crippen MR) is 58.5 cm³/mol. The summed E-state index contributed by atoms with van der Waals surface area (Å²) in [5, 5.41) is 0. The average molecular weight is 222 g/mol. The van der Waals surface area contributed by atoms with Crippen molar-refractivity contribution in [3.8, 4) is 0 Å². The molecular formula is C12H14O4. The summed E-state index contributed by atoms with van der Waals surface area (Å²) in [6.07, 6.45) is 6.83. The molecule has 1 aliphatic rings. The van der Waals surface area contributed by atoms with Crippen molar-refractivity contribution >= 4 is 11.9 Å². The topological polar surface area (TPSA) is 52.6 Å². The molecule has 0 spiro atoms. The maximum Gasteiger partial charge on any atom is 0.338 e. The molecule has 0 aromatic carbocycles. The predicted octanol–water partition coefficient (Wildman–Crippen LogP) is 1.39. The molecule has 1 unspecified atom stereocenters. The van der Waals surface area contributed by atoms with E-state index in [1.54, 1.807) is 18.2 Å². The van der Waals surface area contributed by atoms with Crippen LogP contribution in [0.2, 0.25) is 0 Å². The highest BCUT2D eigenvalue weighted by atomic mass is 16.5. The van der Waals surface area contributed by atoms with Crippen LogP contribution in [0.5, 0.6) is 0 Å². The van der Waals surface area contributed by atoms with Crippen molar-refractivity contribution in [2.24, 2.45) is 5.92 Å². The van der Waals surface area contributed by atoms with E-state index < -0.39 is 11.9 Å². The van der Waals surface area contributed by atoms with Gasteiger partial charge in [0.1, 0.15) is 0 Å². The van der Waals surface area contributed by atoms with Gasteiger partial charge in [-0.2, -0.15) is 0 Å². The van der Waals surface area contributed by atoms with E-state index in [1.807, 2.05) is 13.0 Å². The van der Waals surface area contributed by atoms with Crippen LogP contribution in [0.4, 0.5) is 0 Å². The monoisotopic (exact) mass is 222 g/mol. The Morgan fingerprint density at radius 1 is 1.12 bits per heavy atom. The molecular weight excluding hydrogens is 208 g/mol. The summed E-state index contributed by atoms with van der Waals surface area (Å²) in [7, 11) is 2.55. The van der Waals surface area contributed by atoms with Crippen molar-refractivity contribution in [3.63, 3.8) is 0 Å². The highest BCUT2D eigenvalue weighted by Gasteiger charge is 2.23. The quantitative estimate of drug-likeness (QED) is 0.662. The lowest BCUT2D eigenvalue weighted by Crippen LogP contribution is -2.15. The van der Waals surface area contributed by atoms with Gasteiger partial charge in [-0.1, -0.05) is 25.2 Å². The number of carbonyl (C=O) groups is 2. The van der Waals surface area contributed by atoms with Crippen LogP contribution in [-0.4, -0.2) is 26.2 Å². The summed E-state index contributed by atoms with van der Waals surface area (Å²) in [5.41, 5.74) is 0.460. The van der Waals surface area contributed by atoms with Crippen LogP contribution in [0.25, 0.3) is 0 Å². The number of hydrogen-bond acceptors (Lipinski definition) is 4. The summed E-state index contributed by atoms with van der Waals surface area (Å²) in [4.78, 5) is 23.0. The van der Waals surface area contributed by atoms with Crippen molar-refractivity contribution < 1.29 is 19.1 Å². The smallest absolute Gasteiger partial charge is 0.338 e. The maximum atomic E-state index is 11.5. The van der Waals surface area contributed by atoms with Crippen molar-refractivity contribution in [3.05, 3.63) is 35.5 Å². The largest absolute Gasteiger partial charge is 0.465 e. The van der Waals surface area contributed by atoms with Crippen LogP contribution >= 0.6 is 0 Å². The van der Waals surface area contributed by atoms with Gasteiger partial charge in [0, 0.05) is 0 Å². The van der Waals surface area contributed by atoms with Crippen LogP contribution in [0.15, 0.2) is 35.5 Å². The van der Waals surface area contributed by atoms with Crippen LogP contribution in [0.1, 0.15) is 6.92 Å². The van der Waals surface area contributed by atoms with Crippen LogP contribution in [-0.2, 0) is 19.1 Å².